The molecule has 0 heterocycles. The normalized spacial score (nSPS) is 27.1. The molecule has 2 amide bonds. The Balaban J connectivity index is 2.23. The number of rotatable bonds is 5. The fourth-order valence-corrected chi connectivity index (χ4v) is 2.43. The van der Waals surface area contributed by atoms with E-state index in [9.17, 15) is 9.59 Å². The summed E-state index contributed by atoms with van der Waals surface area (Å²) in [6, 6.07) is 0.259. The van der Waals surface area contributed by atoms with Crippen LogP contribution < -0.4 is 16.4 Å². The summed E-state index contributed by atoms with van der Waals surface area (Å²) >= 11 is 0. The molecule has 1 aliphatic rings. The van der Waals surface area contributed by atoms with Crippen LogP contribution in [0.3, 0.4) is 0 Å². The molecule has 19 heavy (non-hydrogen) atoms. The van der Waals surface area contributed by atoms with E-state index < -0.39 is 0 Å². The van der Waals surface area contributed by atoms with E-state index in [0.717, 1.165) is 19.3 Å². The Hall–Kier alpha value is -1.10. The van der Waals surface area contributed by atoms with E-state index in [4.69, 9.17) is 5.73 Å². The van der Waals surface area contributed by atoms with Crippen molar-refractivity contribution in [3.8, 4) is 0 Å². The van der Waals surface area contributed by atoms with Gasteiger partial charge in [-0.3, -0.25) is 9.59 Å². The largest absolute Gasteiger partial charge is 0.355 e. The Morgan fingerprint density at radius 2 is 2.00 bits per heavy atom. The standard InChI is InChI=1S/C14H27N3O2/c1-9(2)17-13(18)6-7-16-14(19)11-5-4-10(3)12(15)8-11/h9-12H,4-8,15H2,1-3H3,(H,16,19)(H,17,18). The van der Waals surface area contributed by atoms with E-state index in [1.165, 1.54) is 0 Å². The predicted octanol–water partition coefficient (Wildman–Crippen LogP) is 0.781. The molecule has 0 radical (unpaired) electrons. The first-order chi connectivity index (χ1) is 8.90. The molecule has 3 unspecified atom stereocenters. The maximum Gasteiger partial charge on any atom is 0.223 e. The average molecular weight is 269 g/mol. The Kier molecular flexibility index (Phi) is 6.28. The van der Waals surface area contributed by atoms with E-state index >= 15 is 0 Å². The van der Waals surface area contributed by atoms with Crippen LogP contribution in [-0.4, -0.2) is 30.4 Å². The molecule has 1 fully saturated rings. The summed E-state index contributed by atoms with van der Waals surface area (Å²) in [4.78, 5) is 23.4. The van der Waals surface area contributed by atoms with E-state index in [1.807, 2.05) is 13.8 Å². The molecule has 1 rings (SSSR count). The van der Waals surface area contributed by atoms with E-state index in [-0.39, 0.29) is 29.8 Å². The molecule has 0 bridgehead atoms. The summed E-state index contributed by atoms with van der Waals surface area (Å²) in [5.74, 6) is 0.532. The van der Waals surface area contributed by atoms with Crippen molar-refractivity contribution in [1.29, 1.82) is 0 Å². The average Bonchev–Trinajstić information content (AvgIpc) is 2.31. The van der Waals surface area contributed by atoms with Gasteiger partial charge in [-0.05, 0) is 39.0 Å². The first-order valence-electron chi connectivity index (χ1n) is 7.22. The minimum absolute atomic E-state index is 0.0133. The van der Waals surface area contributed by atoms with Crippen LogP contribution in [0.15, 0.2) is 0 Å². The molecule has 0 spiro atoms. The molecule has 5 heteroatoms. The third-order valence-corrected chi connectivity index (χ3v) is 3.73. The first kappa shape index (κ1) is 16.0. The Labute approximate surface area is 115 Å². The van der Waals surface area contributed by atoms with Gasteiger partial charge in [0.05, 0.1) is 0 Å². The van der Waals surface area contributed by atoms with Crippen molar-refractivity contribution in [2.24, 2.45) is 17.6 Å². The van der Waals surface area contributed by atoms with Crippen molar-refractivity contribution in [1.82, 2.24) is 10.6 Å². The highest BCUT2D eigenvalue weighted by atomic mass is 16.2. The second kappa shape index (κ2) is 7.48. The highest BCUT2D eigenvalue weighted by molar-refractivity contribution is 5.80. The van der Waals surface area contributed by atoms with E-state index in [2.05, 4.69) is 17.6 Å². The number of nitrogens with one attached hydrogen (secondary N) is 2. The zero-order valence-corrected chi connectivity index (χ0v) is 12.2. The van der Waals surface area contributed by atoms with Crippen molar-refractivity contribution < 1.29 is 9.59 Å². The molecule has 5 nitrogen and oxygen atoms in total. The van der Waals surface area contributed by atoms with Crippen LogP contribution in [0.1, 0.15) is 46.5 Å². The van der Waals surface area contributed by atoms with Gasteiger partial charge in [0.15, 0.2) is 0 Å². The fraction of sp³-hybridized carbons (Fsp3) is 0.857. The number of carbonyl (C=O) groups excluding carboxylic acids is 2. The first-order valence-corrected chi connectivity index (χ1v) is 7.22. The van der Waals surface area contributed by atoms with E-state index in [0.29, 0.717) is 18.9 Å². The lowest BCUT2D eigenvalue weighted by Crippen LogP contribution is -2.42. The van der Waals surface area contributed by atoms with Gasteiger partial charge in [-0.15, -0.1) is 0 Å². The molecule has 4 N–H and O–H groups in total. The smallest absolute Gasteiger partial charge is 0.223 e. The van der Waals surface area contributed by atoms with Gasteiger partial charge >= 0.3 is 0 Å². The molecular weight excluding hydrogens is 242 g/mol. The minimum Gasteiger partial charge on any atom is -0.355 e. The van der Waals surface area contributed by atoms with Crippen molar-refractivity contribution >= 4 is 11.8 Å². The minimum atomic E-state index is -0.0238. The van der Waals surface area contributed by atoms with Gasteiger partial charge in [-0.2, -0.15) is 0 Å². The van der Waals surface area contributed by atoms with Gasteiger partial charge < -0.3 is 16.4 Å². The maximum absolute atomic E-state index is 12.0. The molecule has 0 aliphatic heterocycles. The van der Waals surface area contributed by atoms with Crippen molar-refractivity contribution in [3.05, 3.63) is 0 Å². The molecule has 0 aromatic carbocycles. The third-order valence-electron chi connectivity index (χ3n) is 3.73. The summed E-state index contributed by atoms with van der Waals surface area (Å²) in [5.41, 5.74) is 5.99. The number of nitrogens with two attached hydrogens (primary N) is 1. The number of hydrogen-bond acceptors (Lipinski definition) is 3. The lowest BCUT2D eigenvalue weighted by molar-refractivity contribution is -0.126. The van der Waals surface area contributed by atoms with Gasteiger partial charge in [0, 0.05) is 31.0 Å². The Bertz CT molecular complexity index is 318. The van der Waals surface area contributed by atoms with Gasteiger partial charge in [-0.25, -0.2) is 0 Å². The highest BCUT2D eigenvalue weighted by Crippen LogP contribution is 2.27. The van der Waals surface area contributed by atoms with Gasteiger partial charge in [0.2, 0.25) is 11.8 Å². The maximum atomic E-state index is 12.0. The van der Waals surface area contributed by atoms with Crippen LogP contribution in [0.2, 0.25) is 0 Å². The van der Waals surface area contributed by atoms with Gasteiger partial charge in [-0.1, -0.05) is 6.92 Å². The SMILES string of the molecule is CC(C)NC(=O)CCNC(=O)C1CCC(C)C(N)C1. The molecule has 1 aliphatic carbocycles. The number of amides is 2. The zero-order chi connectivity index (χ0) is 14.4. The van der Waals surface area contributed by atoms with Crippen molar-refractivity contribution in [2.75, 3.05) is 6.54 Å². The Morgan fingerprint density at radius 1 is 1.32 bits per heavy atom. The summed E-state index contributed by atoms with van der Waals surface area (Å²) in [6.45, 7) is 6.37. The quantitative estimate of drug-likeness (QED) is 0.689. The lowest BCUT2D eigenvalue weighted by Gasteiger charge is -2.31. The third kappa shape index (κ3) is 5.59. The molecule has 0 aromatic heterocycles. The number of hydrogen-bond donors (Lipinski definition) is 3. The highest BCUT2D eigenvalue weighted by Gasteiger charge is 2.29. The zero-order valence-electron chi connectivity index (χ0n) is 12.2. The van der Waals surface area contributed by atoms with Crippen molar-refractivity contribution in [2.45, 2.75) is 58.5 Å². The molecule has 0 aromatic rings. The fourth-order valence-electron chi connectivity index (χ4n) is 2.43. The molecular formula is C14H27N3O2. The number of carbonyl (C=O) groups is 2. The van der Waals surface area contributed by atoms with Crippen LogP contribution in [0.5, 0.6) is 0 Å². The lowest BCUT2D eigenvalue weighted by atomic mass is 9.79. The van der Waals surface area contributed by atoms with Crippen LogP contribution in [0.25, 0.3) is 0 Å². The second-order valence-corrected chi connectivity index (χ2v) is 5.91. The van der Waals surface area contributed by atoms with Crippen LogP contribution >= 0.6 is 0 Å². The van der Waals surface area contributed by atoms with Gasteiger partial charge in [0.25, 0.3) is 0 Å². The predicted molar refractivity (Wildman–Crippen MR) is 75.4 cm³/mol. The summed E-state index contributed by atoms with van der Waals surface area (Å²) < 4.78 is 0. The Morgan fingerprint density at radius 3 is 2.58 bits per heavy atom. The van der Waals surface area contributed by atoms with Crippen LogP contribution in [0, 0.1) is 11.8 Å². The second-order valence-electron chi connectivity index (χ2n) is 5.91. The molecule has 0 saturated heterocycles. The summed E-state index contributed by atoms with van der Waals surface area (Å²) in [6.07, 6.45) is 3.00. The van der Waals surface area contributed by atoms with E-state index in [1.54, 1.807) is 0 Å². The monoisotopic (exact) mass is 269 g/mol. The summed E-state index contributed by atoms with van der Waals surface area (Å²) in [5, 5.41) is 5.64. The van der Waals surface area contributed by atoms with Gasteiger partial charge in [0.1, 0.15) is 0 Å². The molecule has 3 atom stereocenters. The molecule has 1 saturated carbocycles. The van der Waals surface area contributed by atoms with Crippen LogP contribution in [-0.2, 0) is 9.59 Å². The van der Waals surface area contributed by atoms with Crippen molar-refractivity contribution in [3.63, 3.8) is 0 Å². The van der Waals surface area contributed by atoms with Crippen LogP contribution in [0.4, 0.5) is 0 Å². The molecule has 110 valence electrons. The topological polar surface area (TPSA) is 84.2 Å². The summed E-state index contributed by atoms with van der Waals surface area (Å²) in [7, 11) is 0.